The molecule has 4 amide bonds. The molecule has 2 saturated heterocycles. The Bertz CT molecular complexity index is 2510. The Kier molecular flexibility index (Phi) is 14.4. The molecule has 352 valence electrons. The molecule has 4 atom stereocenters. The van der Waals surface area contributed by atoms with Gasteiger partial charge in [-0.15, -0.1) is 0 Å². The van der Waals surface area contributed by atoms with Gasteiger partial charge in [0.25, 0.3) is 5.91 Å². The van der Waals surface area contributed by atoms with Crippen molar-refractivity contribution in [3.05, 3.63) is 90.0 Å². The fourth-order valence-electron chi connectivity index (χ4n) is 10.1. The van der Waals surface area contributed by atoms with Crippen LogP contribution < -0.4 is 10.7 Å². The number of carbonyl (C=O) groups excluding carboxylic acids is 5. The molecule has 66 heavy (non-hydrogen) atoms. The van der Waals surface area contributed by atoms with Gasteiger partial charge in [0.15, 0.2) is 0 Å². The van der Waals surface area contributed by atoms with E-state index in [-0.39, 0.29) is 49.6 Å². The highest BCUT2D eigenvalue weighted by molar-refractivity contribution is 5.96. The second-order valence-corrected chi connectivity index (χ2v) is 19.7. The van der Waals surface area contributed by atoms with Gasteiger partial charge in [-0.2, -0.15) is 0 Å². The average molecular weight is 902 g/mol. The number of nitrogens with one attached hydrogen (secondary N) is 2. The molecule has 1 unspecified atom stereocenters. The smallest absolute Gasteiger partial charge is 0.324 e. The van der Waals surface area contributed by atoms with Gasteiger partial charge in [0.2, 0.25) is 17.7 Å². The number of aryl methyl sites for hydroxylation is 1. The molecule has 7 rings (SSSR count). The number of amides is 4. The summed E-state index contributed by atoms with van der Waals surface area (Å²) in [6.07, 6.45) is 3.27. The molecule has 3 aliphatic heterocycles. The van der Waals surface area contributed by atoms with Crippen LogP contribution in [-0.2, 0) is 54.6 Å². The summed E-state index contributed by atoms with van der Waals surface area (Å²) in [5, 5.41) is 16.8. The third kappa shape index (κ3) is 10.2. The molecule has 0 aliphatic carbocycles. The van der Waals surface area contributed by atoms with Crippen molar-refractivity contribution in [2.45, 2.75) is 97.9 Å². The number of likely N-dealkylation sites (tertiary alicyclic amines) is 1. The number of esters is 1. The zero-order chi connectivity index (χ0) is 47.6. The van der Waals surface area contributed by atoms with Crippen LogP contribution in [0.5, 0.6) is 5.75 Å². The molecular weight excluding hydrogens is 835 g/mol. The molecule has 3 N–H and O–H groups in total. The van der Waals surface area contributed by atoms with Crippen molar-refractivity contribution in [2.75, 3.05) is 47.4 Å². The molecule has 0 saturated carbocycles. The summed E-state index contributed by atoms with van der Waals surface area (Å²) in [6.45, 7) is 16.1. The van der Waals surface area contributed by atoms with Crippen molar-refractivity contribution in [1.82, 2.24) is 35.0 Å². The fraction of sp³-hybridized carbons (Fsp3) is 0.481. The van der Waals surface area contributed by atoms with E-state index in [1.165, 1.54) is 21.5 Å². The zero-order valence-corrected chi connectivity index (χ0v) is 39.9. The number of aromatic nitrogens is 1. The Morgan fingerprint density at radius 3 is 2.48 bits per heavy atom. The molecule has 2 fully saturated rings. The molecule has 6 bridgehead atoms. The topological polar surface area (TPSA) is 157 Å². The van der Waals surface area contributed by atoms with Crippen molar-refractivity contribution in [3.8, 4) is 28.1 Å². The van der Waals surface area contributed by atoms with Gasteiger partial charge in [-0.25, -0.2) is 5.43 Å². The number of ether oxygens (including phenoxy) is 1. The summed E-state index contributed by atoms with van der Waals surface area (Å²) in [7, 11) is 5.72. The summed E-state index contributed by atoms with van der Waals surface area (Å²) in [5.41, 5.74) is 10.5. The number of carbonyl (C=O) groups is 5. The van der Waals surface area contributed by atoms with E-state index in [0.29, 0.717) is 37.8 Å². The molecule has 14 heteroatoms. The van der Waals surface area contributed by atoms with E-state index < -0.39 is 47.2 Å². The summed E-state index contributed by atoms with van der Waals surface area (Å²) in [6, 6.07) is 17.2. The molecule has 3 aliphatic rings. The second kappa shape index (κ2) is 19.9. The number of aromatic hydroxyl groups is 1. The molecule has 14 nitrogen and oxygen atoms in total. The summed E-state index contributed by atoms with van der Waals surface area (Å²) >= 11 is 0. The third-order valence-electron chi connectivity index (χ3n) is 13.3. The number of likely N-dealkylation sites (N-methyl/N-ethyl adjacent to an activating group) is 1. The molecule has 4 heterocycles. The first-order chi connectivity index (χ1) is 31.4. The van der Waals surface area contributed by atoms with E-state index in [4.69, 9.17) is 4.74 Å². The van der Waals surface area contributed by atoms with Crippen LogP contribution in [-0.4, -0.2) is 124 Å². The van der Waals surface area contributed by atoms with E-state index in [2.05, 4.69) is 104 Å². The third-order valence-corrected chi connectivity index (χ3v) is 13.3. The van der Waals surface area contributed by atoms with Crippen LogP contribution in [0.1, 0.15) is 70.6 Å². The van der Waals surface area contributed by atoms with Crippen LogP contribution in [0.15, 0.2) is 73.3 Å². The second-order valence-electron chi connectivity index (χ2n) is 19.7. The minimum atomic E-state index is -1.15. The number of benzene rings is 3. The number of phenolic OH excluding ortho intramolecular Hbond substituents is 1. The molecular formula is C52H67N7O7. The standard InChI is InChI=1S/C52H67N7O7/c1-10-45(61)57-22-20-36(30-57)49(63)56(9)46(32(3)4)48(62)53-43-25-33-23-37(26-38(60)24-33)34-18-19-44-40(27-34)41(47(58(44)11-2)39-16-13-12-15-35(39)29-55(7)8)28-52(5,6)31-66-51(65)42-17-14-21-59(54-42)50(43)64/h10,12-13,15-16,18-19,23-24,26-27,32,36,42-43,46,54,60H,1,11,14,17,20-22,25,28-31H2,2-9H3,(H,53,62)/t36-,42-,43-,46?/m0/s1. The van der Waals surface area contributed by atoms with Crippen LogP contribution in [0.4, 0.5) is 0 Å². The number of phenols is 1. The maximum Gasteiger partial charge on any atom is 0.324 e. The number of hydrogen-bond acceptors (Lipinski definition) is 9. The average Bonchev–Trinajstić information content (AvgIpc) is 3.89. The highest BCUT2D eigenvalue weighted by Crippen LogP contribution is 2.42. The van der Waals surface area contributed by atoms with Crippen LogP contribution >= 0.6 is 0 Å². The van der Waals surface area contributed by atoms with Gasteiger partial charge < -0.3 is 34.4 Å². The Morgan fingerprint density at radius 2 is 1.77 bits per heavy atom. The van der Waals surface area contributed by atoms with Crippen molar-refractivity contribution < 1.29 is 33.8 Å². The van der Waals surface area contributed by atoms with Gasteiger partial charge in [-0.1, -0.05) is 70.7 Å². The Hall–Kier alpha value is -5.99. The Labute approximate surface area is 388 Å². The number of nitrogens with zero attached hydrogens (tertiary/aromatic N) is 5. The lowest BCUT2D eigenvalue weighted by Crippen LogP contribution is -2.62. The highest BCUT2D eigenvalue weighted by atomic mass is 16.5. The number of hydrogen-bond donors (Lipinski definition) is 3. The van der Waals surface area contributed by atoms with Crippen molar-refractivity contribution in [1.29, 1.82) is 0 Å². The fourth-order valence-corrected chi connectivity index (χ4v) is 10.1. The monoisotopic (exact) mass is 902 g/mol. The highest BCUT2D eigenvalue weighted by Gasteiger charge is 2.40. The minimum absolute atomic E-state index is 0.00367. The van der Waals surface area contributed by atoms with E-state index in [1.54, 1.807) is 24.1 Å². The largest absolute Gasteiger partial charge is 0.508 e. The zero-order valence-electron chi connectivity index (χ0n) is 39.9. The van der Waals surface area contributed by atoms with E-state index >= 15 is 0 Å². The summed E-state index contributed by atoms with van der Waals surface area (Å²) in [5.74, 6) is -2.78. The van der Waals surface area contributed by atoms with Gasteiger partial charge in [0.1, 0.15) is 23.9 Å². The van der Waals surface area contributed by atoms with Gasteiger partial charge in [-0.05, 0) is 111 Å². The SMILES string of the molecule is C=CC(=O)N1CC[C@H](C(=O)N(C)C(C(=O)N[C@H]2Cc3cc(O)cc(c3)-c3ccc4c(c3)c(c(-c3ccccc3CN(C)C)n4CC)CC(C)(C)COC(=O)[C@@H]3CCCN(N3)C2=O)C(C)C)C1. The van der Waals surface area contributed by atoms with Gasteiger partial charge in [0.05, 0.1) is 18.2 Å². The lowest BCUT2D eigenvalue weighted by atomic mass is 9.84. The van der Waals surface area contributed by atoms with Crippen LogP contribution in [0.25, 0.3) is 33.3 Å². The summed E-state index contributed by atoms with van der Waals surface area (Å²) in [4.78, 5) is 74.6. The van der Waals surface area contributed by atoms with Crippen LogP contribution in [0, 0.1) is 17.3 Å². The maximum atomic E-state index is 14.7. The molecule has 4 aromatic rings. The maximum absolute atomic E-state index is 14.7. The number of rotatable bonds is 10. The van der Waals surface area contributed by atoms with Gasteiger partial charge >= 0.3 is 5.97 Å². The van der Waals surface area contributed by atoms with Crippen molar-refractivity contribution in [3.63, 3.8) is 0 Å². The van der Waals surface area contributed by atoms with E-state index in [0.717, 1.165) is 51.9 Å². The lowest BCUT2D eigenvalue weighted by Gasteiger charge is -2.37. The van der Waals surface area contributed by atoms with Gasteiger partial charge in [-0.3, -0.25) is 29.0 Å². The van der Waals surface area contributed by atoms with Crippen LogP contribution in [0.3, 0.4) is 0 Å². The Morgan fingerprint density at radius 1 is 1.02 bits per heavy atom. The Balaban J connectivity index is 1.31. The first kappa shape index (κ1) is 48.0. The first-order valence-corrected chi connectivity index (χ1v) is 23.3. The van der Waals surface area contributed by atoms with Crippen LogP contribution in [0.2, 0.25) is 0 Å². The molecule has 3 aromatic carbocycles. The minimum Gasteiger partial charge on any atom is -0.508 e. The van der Waals surface area contributed by atoms with E-state index in [1.807, 2.05) is 19.9 Å². The predicted octanol–water partition coefficient (Wildman–Crippen LogP) is 5.93. The number of cyclic esters (lactones) is 1. The quantitative estimate of drug-likeness (QED) is 0.130. The normalized spacial score (nSPS) is 20.5. The summed E-state index contributed by atoms with van der Waals surface area (Å²) < 4.78 is 8.49. The molecule has 1 aromatic heterocycles. The predicted molar refractivity (Wildman–Crippen MR) is 256 cm³/mol. The lowest BCUT2D eigenvalue weighted by molar-refractivity contribution is -0.155. The first-order valence-electron chi connectivity index (χ1n) is 23.3. The van der Waals surface area contributed by atoms with Crippen molar-refractivity contribution >= 4 is 40.5 Å². The number of fused-ring (bicyclic) bond motifs is 6. The number of hydrazine groups is 1. The molecule has 0 radical (unpaired) electrons. The van der Waals surface area contributed by atoms with Crippen molar-refractivity contribution in [2.24, 2.45) is 17.3 Å². The van der Waals surface area contributed by atoms with Gasteiger partial charge in [0, 0.05) is 68.1 Å². The van der Waals surface area contributed by atoms with E-state index in [9.17, 15) is 29.1 Å². The molecule has 0 spiro atoms.